The molecule has 1 heteroatoms. The van der Waals surface area contributed by atoms with Crippen LogP contribution in [-0.4, -0.2) is 0 Å². The van der Waals surface area contributed by atoms with Crippen LogP contribution < -0.4 is 0 Å². The van der Waals surface area contributed by atoms with Crippen LogP contribution in [0.15, 0.2) is 76.5 Å². The van der Waals surface area contributed by atoms with Crippen LogP contribution in [0.5, 0.6) is 0 Å². The van der Waals surface area contributed by atoms with Crippen molar-refractivity contribution in [3.05, 3.63) is 94.5 Å². The molecule has 0 fully saturated rings. The van der Waals surface area contributed by atoms with Crippen LogP contribution in [0.2, 0.25) is 0 Å². The van der Waals surface area contributed by atoms with Crippen molar-refractivity contribution in [1.29, 1.82) is 0 Å². The lowest BCUT2D eigenvalue weighted by atomic mass is 9.90. The summed E-state index contributed by atoms with van der Waals surface area (Å²) in [4.78, 5) is 2.81. The minimum Gasteiger partial charge on any atom is -0.0895 e. The zero-order valence-corrected chi connectivity index (χ0v) is 14.4. The van der Waals surface area contributed by atoms with Gasteiger partial charge in [-0.05, 0) is 47.7 Å². The van der Waals surface area contributed by atoms with E-state index in [-0.39, 0.29) is 0 Å². The minimum absolute atomic E-state index is 0.433. The van der Waals surface area contributed by atoms with Gasteiger partial charge in [0.25, 0.3) is 0 Å². The molecular formula is C22H20S. The lowest BCUT2D eigenvalue weighted by Crippen LogP contribution is -2.03. The summed E-state index contributed by atoms with van der Waals surface area (Å²) in [6.45, 7) is 4.47. The predicted molar refractivity (Wildman–Crippen MR) is 98.5 cm³/mol. The highest BCUT2D eigenvalue weighted by atomic mass is 32.2. The first-order valence-electron chi connectivity index (χ1n) is 8.16. The molecule has 1 unspecified atom stereocenters. The summed E-state index contributed by atoms with van der Waals surface area (Å²) in [6, 6.07) is 24.6. The third kappa shape index (κ3) is 2.82. The molecule has 0 aliphatic carbocycles. The van der Waals surface area contributed by atoms with E-state index in [1.165, 1.54) is 37.6 Å². The van der Waals surface area contributed by atoms with Gasteiger partial charge in [0.05, 0.1) is 0 Å². The van der Waals surface area contributed by atoms with E-state index in [1.807, 2.05) is 11.8 Å². The molecule has 1 heterocycles. The van der Waals surface area contributed by atoms with Crippen molar-refractivity contribution in [1.82, 2.24) is 0 Å². The zero-order valence-electron chi connectivity index (χ0n) is 13.5. The number of benzene rings is 3. The van der Waals surface area contributed by atoms with Crippen molar-refractivity contribution in [2.45, 2.75) is 36.0 Å². The summed E-state index contributed by atoms with van der Waals surface area (Å²) >= 11 is 1.90. The van der Waals surface area contributed by atoms with Gasteiger partial charge in [-0.25, -0.2) is 0 Å². The summed E-state index contributed by atoms with van der Waals surface area (Å²) in [7, 11) is 0. The average molecular weight is 316 g/mol. The number of aryl methyl sites for hydroxylation is 1. The Kier molecular flexibility index (Phi) is 3.74. The molecule has 114 valence electrons. The van der Waals surface area contributed by atoms with Crippen molar-refractivity contribution in [3.63, 3.8) is 0 Å². The first-order valence-corrected chi connectivity index (χ1v) is 8.97. The molecule has 1 atom stereocenters. The first kappa shape index (κ1) is 14.6. The molecule has 3 aromatic rings. The van der Waals surface area contributed by atoms with E-state index in [0.29, 0.717) is 5.92 Å². The van der Waals surface area contributed by atoms with Crippen LogP contribution in [0.25, 0.3) is 0 Å². The van der Waals surface area contributed by atoms with Gasteiger partial charge in [-0.15, -0.1) is 0 Å². The Morgan fingerprint density at radius 1 is 0.783 bits per heavy atom. The van der Waals surface area contributed by atoms with Crippen molar-refractivity contribution in [3.8, 4) is 0 Å². The summed E-state index contributed by atoms with van der Waals surface area (Å²) in [5.74, 6) is 0.433. The fourth-order valence-electron chi connectivity index (χ4n) is 3.31. The van der Waals surface area contributed by atoms with Gasteiger partial charge in [-0.2, -0.15) is 0 Å². The summed E-state index contributed by atoms with van der Waals surface area (Å²) in [6.07, 6.45) is 1.05. The van der Waals surface area contributed by atoms with E-state index >= 15 is 0 Å². The SMILES string of the molecule is Cc1cccc(C(C)c2ccc3c(c2)Cc2ccccc2S3)c1. The van der Waals surface area contributed by atoms with Crippen LogP contribution >= 0.6 is 11.8 Å². The van der Waals surface area contributed by atoms with Crippen molar-refractivity contribution in [2.24, 2.45) is 0 Å². The molecular weight excluding hydrogens is 296 g/mol. The molecule has 1 aliphatic rings. The molecule has 0 N–H and O–H groups in total. The molecule has 0 radical (unpaired) electrons. The van der Waals surface area contributed by atoms with Crippen LogP contribution in [0.1, 0.15) is 40.7 Å². The van der Waals surface area contributed by atoms with E-state index in [9.17, 15) is 0 Å². The smallest absolute Gasteiger partial charge is 0.0158 e. The zero-order chi connectivity index (χ0) is 15.8. The van der Waals surface area contributed by atoms with E-state index in [4.69, 9.17) is 0 Å². The minimum atomic E-state index is 0.433. The van der Waals surface area contributed by atoms with Gasteiger partial charge in [0, 0.05) is 15.7 Å². The van der Waals surface area contributed by atoms with E-state index < -0.39 is 0 Å². The third-order valence-corrected chi connectivity index (χ3v) is 5.94. The summed E-state index contributed by atoms with van der Waals surface area (Å²) < 4.78 is 0. The normalized spacial score (nSPS) is 14.0. The molecule has 0 aromatic heterocycles. The quantitative estimate of drug-likeness (QED) is 0.424. The molecule has 0 bridgehead atoms. The largest absolute Gasteiger partial charge is 0.0895 e. The topological polar surface area (TPSA) is 0 Å². The van der Waals surface area contributed by atoms with Gasteiger partial charge in [-0.1, -0.05) is 78.8 Å². The number of fused-ring (bicyclic) bond motifs is 2. The van der Waals surface area contributed by atoms with Gasteiger partial charge in [-0.3, -0.25) is 0 Å². The highest BCUT2D eigenvalue weighted by molar-refractivity contribution is 7.99. The fraction of sp³-hybridized carbons (Fsp3) is 0.182. The van der Waals surface area contributed by atoms with Crippen LogP contribution in [0.3, 0.4) is 0 Å². The molecule has 1 aliphatic heterocycles. The van der Waals surface area contributed by atoms with Crippen LogP contribution in [0, 0.1) is 6.92 Å². The van der Waals surface area contributed by atoms with E-state index in [1.54, 1.807) is 0 Å². The second-order valence-corrected chi connectivity index (χ2v) is 7.47. The Labute approximate surface area is 142 Å². The Morgan fingerprint density at radius 3 is 2.43 bits per heavy atom. The van der Waals surface area contributed by atoms with Crippen LogP contribution in [0.4, 0.5) is 0 Å². The van der Waals surface area contributed by atoms with Crippen LogP contribution in [-0.2, 0) is 6.42 Å². The van der Waals surface area contributed by atoms with Gasteiger partial charge >= 0.3 is 0 Å². The van der Waals surface area contributed by atoms with Gasteiger partial charge in [0.1, 0.15) is 0 Å². The van der Waals surface area contributed by atoms with Crippen molar-refractivity contribution in [2.75, 3.05) is 0 Å². The molecule has 0 spiro atoms. The monoisotopic (exact) mass is 316 g/mol. The Bertz CT molecular complexity index is 863. The fourth-order valence-corrected chi connectivity index (χ4v) is 4.36. The maximum atomic E-state index is 2.41. The van der Waals surface area contributed by atoms with Crippen molar-refractivity contribution < 1.29 is 0 Å². The number of hydrogen-bond donors (Lipinski definition) is 0. The predicted octanol–water partition coefficient (Wildman–Crippen LogP) is 6.20. The molecule has 0 saturated heterocycles. The molecule has 0 nitrogen and oxygen atoms in total. The second-order valence-electron chi connectivity index (χ2n) is 6.39. The maximum Gasteiger partial charge on any atom is 0.0158 e. The van der Waals surface area contributed by atoms with Crippen molar-refractivity contribution >= 4 is 11.8 Å². The maximum absolute atomic E-state index is 2.41. The standard InChI is InChI=1S/C22H20S/c1-15-6-5-8-17(12-15)16(2)18-10-11-22-20(13-18)14-19-7-3-4-9-21(19)23-22/h3-13,16H,14H2,1-2H3. The Morgan fingerprint density at radius 2 is 1.57 bits per heavy atom. The molecule has 0 saturated carbocycles. The van der Waals surface area contributed by atoms with Gasteiger partial charge < -0.3 is 0 Å². The lowest BCUT2D eigenvalue weighted by molar-refractivity contribution is 0.907. The molecule has 23 heavy (non-hydrogen) atoms. The van der Waals surface area contributed by atoms with E-state index in [0.717, 1.165) is 6.42 Å². The highest BCUT2D eigenvalue weighted by Crippen LogP contribution is 2.40. The van der Waals surface area contributed by atoms with Gasteiger partial charge in [0.2, 0.25) is 0 Å². The lowest BCUT2D eigenvalue weighted by Gasteiger charge is -2.21. The summed E-state index contributed by atoms with van der Waals surface area (Å²) in [5.41, 5.74) is 7.05. The van der Waals surface area contributed by atoms with Gasteiger partial charge in [0.15, 0.2) is 0 Å². The highest BCUT2D eigenvalue weighted by Gasteiger charge is 2.17. The molecule has 0 amide bonds. The third-order valence-electron chi connectivity index (χ3n) is 4.70. The average Bonchev–Trinajstić information content (AvgIpc) is 2.59. The Balaban J connectivity index is 1.68. The second kappa shape index (κ2) is 5.90. The summed E-state index contributed by atoms with van der Waals surface area (Å²) in [5, 5.41) is 0. The molecule has 3 aromatic carbocycles. The number of hydrogen-bond acceptors (Lipinski definition) is 1. The number of rotatable bonds is 2. The molecule has 4 rings (SSSR count). The first-order chi connectivity index (χ1) is 11.2. The Hall–Kier alpha value is -1.99. The van der Waals surface area contributed by atoms with E-state index in [2.05, 4.69) is 80.6 Å².